The molecule has 0 aliphatic heterocycles. The molecule has 1 aromatic carbocycles. The van der Waals surface area contributed by atoms with Crippen LogP contribution in [-0.2, 0) is 12.0 Å². The third-order valence-corrected chi connectivity index (χ3v) is 3.47. The summed E-state index contributed by atoms with van der Waals surface area (Å²) in [6.07, 6.45) is 0. The van der Waals surface area contributed by atoms with Crippen LogP contribution < -0.4 is 5.32 Å². The van der Waals surface area contributed by atoms with E-state index >= 15 is 0 Å². The zero-order valence-corrected chi connectivity index (χ0v) is 16.4. The van der Waals surface area contributed by atoms with Crippen molar-refractivity contribution in [2.45, 2.75) is 46.6 Å². The number of nitro groups is 1. The Morgan fingerprint density at radius 1 is 1.36 bits per heavy atom. The molecule has 0 spiro atoms. The fraction of sp³-hybridized carbons (Fsp3) is 0.438. The van der Waals surface area contributed by atoms with E-state index in [-0.39, 0.29) is 23.5 Å². The lowest BCUT2D eigenvalue weighted by atomic mass is 9.96. The third kappa shape index (κ3) is 5.63. The van der Waals surface area contributed by atoms with E-state index in [9.17, 15) is 14.9 Å². The summed E-state index contributed by atoms with van der Waals surface area (Å²) in [6, 6.07) is 4.61. The summed E-state index contributed by atoms with van der Waals surface area (Å²) < 4.78 is 5.51. The Morgan fingerprint density at radius 3 is 2.52 bits per heavy atom. The molecule has 1 aromatic heterocycles. The van der Waals surface area contributed by atoms with E-state index in [1.165, 1.54) is 6.07 Å². The average Bonchev–Trinajstić information content (AvgIpc) is 3.05. The second kappa shape index (κ2) is 8.70. The van der Waals surface area contributed by atoms with E-state index in [2.05, 4.69) is 31.4 Å². The fourth-order valence-corrected chi connectivity index (χ4v) is 2.08. The number of nitrogens with one attached hydrogen (secondary N) is 1. The Morgan fingerprint density at radius 2 is 2.00 bits per heavy atom. The largest absolute Gasteiger partial charge is 0.343 e. The topological polar surface area (TPSA) is 111 Å². The first-order valence-electron chi connectivity index (χ1n) is 7.73. The van der Waals surface area contributed by atoms with Crippen molar-refractivity contribution in [3.05, 3.63) is 50.1 Å². The summed E-state index contributed by atoms with van der Waals surface area (Å²) in [5, 5.41) is 17.3. The van der Waals surface area contributed by atoms with E-state index in [1.54, 1.807) is 12.1 Å². The molecule has 0 saturated carbocycles. The number of hydrogen-bond acceptors (Lipinski definition) is 6. The molecule has 0 radical (unpaired) electrons. The minimum atomic E-state index is -0.579. The Bertz CT molecular complexity index is 753. The van der Waals surface area contributed by atoms with Crippen LogP contribution in [0.5, 0.6) is 0 Å². The molecule has 0 fully saturated rings. The molecule has 9 heteroatoms. The van der Waals surface area contributed by atoms with Crippen LogP contribution in [0.1, 0.15) is 56.7 Å². The first kappa shape index (κ1) is 20.8. The van der Waals surface area contributed by atoms with Gasteiger partial charge in [0, 0.05) is 21.5 Å². The first-order chi connectivity index (χ1) is 11.7. The predicted octanol–water partition coefficient (Wildman–Crippen LogP) is 3.99. The van der Waals surface area contributed by atoms with E-state index < -0.39 is 10.8 Å². The molecule has 0 atom stereocenters. The van der Waals surface area contributed by atoms with Crippen molar-refractivity contribution in [2.75, 3.05) is 0 Å². The van der Waals surface area contributed by atoms with Crippen LogP contribution in [0.25, 0.3) is 0 Å². The Kier molecular flexibility index (Phi) is 7.22. The second-order valence-electron chi connectivity index (χ2n) is 5.89. The predicted molar refractivity (Wildman–Crippen MR) is 96.3 cm³/mol. The van der Waals surface area contributed by atoms with Crippen molar-refractivity contribution in [3.63, 3.8) is 0 Å². The quantitative estimate of drug-likeness (QED) is 0.599. The van der Waals surface area contributed by atoms with E-state index in [4.69, 9.17) is 4.52 Å². The number of carbonyl (C=O) groups is 1. The zero-order chi connectivity index (χ0) is 19.2. The van der Waals surface area contributed by atoms with Gasteiger partial charge in [-0.15, -0.1) is 0 Å². The van der Waals surface area contributed by atoms with E-state index in [0.29, 0.717) is 15.9 Å². The highest BCUT2D eigenvalue weighted by molar-refractivity contribution is 9.10. The summed E-state index contributed by atoms with van der Waals surface area (Å²) in [4.78, 5) is 26.6. The Hall–Kier alpha value is -2.29. The minimum Gasteiger partial charge on any atom is -0.343 e. The van der Waals surface area contributed by atoms with Gasteiger partial charge < -0.3 is 9.84 Å². The van der Waals surface area contributed by atoms with Crippen LogP contribution in [0.4, 0.5) is 5.69 Å². The summed E-state index contributed by atoms with van der Waals surface area (Å²) in [7, 11) is 0. The van der Waals surface area contributed by atoms with Crippen LogP contribution in [0.2, 0.25) is 0 Å². The summed E-state index contributed by atoms with van der Waals surface area (Å²) >= 11 is 3.18. The number of amides is 1. The van der Waals surface area contributed by atoms with Crippen LogP contribution >= 0.6 is 15.9 Å². The van der Waals surface area contributed by atoms with Crippen molar-refractivity contribution in [2.24, 2.45) is 0 Å². The van der Waals surface area contributed by atoms with Gasteiger partial charge >= 0.3 is 11.8 Å². The summed E-state index contributed by atoms with van der Waals surface area (Å²) in [5.74, 6) is -0.336. The number of rotatable bonds is 4. The number of hydrogen-bond donors (Lipinski definition) is 1. The standard InChI is InChI=1S/C14H15BrN4O4.C2H6/c1-14(2,3)13-17-12(23-18-13)11(20)16-7-8-4-5-9(15)6-10(8)19(21)22;1-2/h4-6H,7H2,1-3H3,(H,16,20);1-2H3. The molecule has 0 aliphatic rings. The lowest BCUT2D eigenvalue weighted by molar-refractivity contribution is -0.385. The number of carbonyl (C=O) groups excluding carboxylic acids is 1. The van der Waals surface area contributed by atoms with E-state index in [0.717, 1.165) is 0 Å². The molecule has 8 nitrogen and oxygen atoms in total. The van der Waals surface area contributed by atoms with Gasteiger partial charge in [-0.2, -0.15) is 4.98 Å². The zero-order valence-electron chi connectivity index (χ0n) is 14.8. The number of nitro benzene ring substituents is 1. The summed E-state index contributed by atoms with van der Waals surface area (Å²) in [6.45, 7) is 9.66. The maximum Gasteiger partial charge on any atom is 0.315 e. The van der Waals surface area contributed by atoms with Gasteiger partial charge in [0.25, 0.3) is 5.69 Å². The highest BCUT2D eigenvalue weighted by Crippen LogP contribution is 2.23. The molecule has 0 unspecified atom stereocenters. The summed E-state index contributed by atoms with van der Waals surface area (Å²) in [5.41, 5.74) is -0.0466. The molecule has 0 saturated heterocycles. The molecule has 2 aromatic rings. The van der Waals surface area contributed by atoms with Gasteiger partial charge in [0.15, 0.2) is 5.82 Å². The molecule has 136 valence electrons. The second-order valence-corrected chi connectivity index (χ2v) is 6.80. The molecule has 0 aliphatic carbocycles. The van der Waals surface area contributed by atoms with Crippen molar-refractivity contribution in [1.82, 2.24) is 15.5 Å². The molecule has 1 heterocycles. The molecular formula is C16H21BrN4O4. The van der Waals surface area contributed by atoms with Crippen molar-refractivity contribution in [1.29, 1.82) is 0 Å². The van der Waals surface area contributed by atoms with Gasteiger partial charge in [-0.25, -0.2) is 0 Å². The van der Waals surface area contributed by atoms with Crippen LogP contribution in [0, 0.1) is 10.1 Å². The maximum absolute atomic E-state index is 12.0. The number of aromatic nitrogens is 2. The highest BCUT2D eigenvalue weighted by Gasteiger charge is 2.24. The Labute approximate surface area is 154 Å². The Balaban J connectivity index is 0.00000151. The number of benzene rings is 1. The number of nitrogens with zero attached hydrogens (tertiary/aromatic N) is 3. The smallest absolute Gasteiger partial charge is 0.315 e. The van der Waals surface area contributed by atoms with Gasteiger partial charge in [-0.1, -0.05) is 55.7 Å². The SMILES string of the molecule is CC.CC(C)(C)c1noc(C(=O)NCc2ccc(Br)cc2[N+](=O)[O-])n1. The van der Waals surface area contributed by atoms with Crippen molar-refractivity contribution in [3.8, 4) is 0 Å². The maximum atomic E-state index is 12.0. The molecular weight excluding hydrogens is 392 g/mol. The first-order valence-corrected chi connectivity index (χ1v) is 8.53. The van der Waals surface area contributed by atoms with Gasteiger partial charge in [-0.3, -0.25) is 14.9 Å². The minimum absolute atomic E-state index is 0.0182. The fourth-order valence-electron chi connectivity index (χ4n) is 1.73. The van der Waals surface area contributed by atoms with Gasteiger partial charge in [0.1, 0.15) is 0 Å². The monoisotopic (exact) mass is 412 g/mol. The average molecular weight is 413 g/mol. The highest BCUT2D eigenvalue weighted by atomic mass is 79.9. The van der Waals surface area contributed by atoms with Crippen LogP contribution in [0.15, 0.2) is 27.2 Å². The number of halogens is 1. The van der Waals surface area contributed by atoms with Crippen molar-refractivity contribution >= 4 is 27.5 Å². The molecule has 25 heavy (non-hydrogen) atoms. The van der Waals surface area contributed by atoms with Crippen molar-refractivity contribution < 1.29 is 14.2 Å². The van der Waals surface area contributed by atoms with Crippen LogP contribution in [0.3, 0.4) is 0 Å². The van der Waals surface area contributed by atoms with Gasteiger partial charge in [0.05, 0.1) is 11.5 Å². The molecule has 0 bridgehead atoms. The molecule has 2 rings (SSSR count). The lowest BCUT2D eigenvalue weighted by Gasteiger charge is -2.10. The van der Waals surface area contributed by atoms with Gasteiger partial charge in [-0.05, 0) is 12.1 Å². The molecule has 1 N–H and O–H groups in total. The molecule has 1 amide bonds. The normalized spacial score (nSPS) is 10.6. The van der Waals surface area contributed by atoms with Gasteiger partial charge in [0.2, 0.25) is 0 Å². The lowest BCUT2D eigenvalue weighted by Crippen LogP contribution is -2.24. The van der Waals surface area contributed by atoms with E-state index in [1.807, 2.05) is 34.6 Å². The van der Waals surface area contributed by atoms with Crippen LogP contribution in [-0.4, -0.2) is 21.0 Å². The third-order valence-electron chi connectivity index (χ3n) is 2.97.